The summed E-state index contributed by atoms with van der Waals surface area (Å²) in [7, 11) is 0.723. The molecular weight excluding hydrogens is 427 g/mol. The summed E-state index contributed by atoms with van der Waals surface area (Å²) in [6, 6.07) is 10.0. The van der Waals surface area contributed by atoms with Gasteiger partial charge in [0.1, 0.15) is 0 Å². The van der Waals surface area contributed by atoms with E-state index in [-0.39, 0.29) is 12.4 Å². The average molecular weight is 475 g/mol. The van der Waals surface area contributed by atoms with E-state index in [0.29, 0.717) is 35.5 Å². The van der Waals surface area contributed by atoms with Crippen LogP contribution in [0, 0.1) is 0 Å². The summed E-state index contributed by atoms with van der Waals surface area (Å²) >= 11 is 0. The van der Waals surface area contributed by atoms with Crippen molar-refractivity contribution in [3.63, 3.8) is 0 Å². The SMILES string of the molecule is CC(C)c1cc(C(C)C)c(Pc2c(C(C)C)cc(C(C)C)cc2C(C)C)c(C(C)C)c1.Cl. The lowest BCUT2D eigenvalue weighted by Crippen LogP contribution is -2.23. The van der Waals surface area contributed by atoms with E-state index in [1.165, 1.54) is 11.1 Å². The maximum Gasteiger partial charge on any atom is -0.0157 e. The topological polar surface area (TPSA) is 0 Å². The number of hydrogen-bond donors (Lipinski definition) is 0. The average Bonchev–Trinajstić information content (AvgIpc) is 2.66. The lowest BCUT2D eigenvalue weighted by Gasteiger charge is -2.27. The fraction of sp³-hybridized carbons (Fsp3) is 0.600. The van der Waals surface area contributed by atoms with Crippen molar-refractivity contribution in [2.45, 2.75) is 119 Å². The van der Waals surface area contributed by atoms with Crippen LogP contribution in [0.5, 0.6) is 0 Å². The van der Waals surface area contributed by atoms with Crippen LogP contribution in [0.15, 0.2) is 24.3 Å². The van der Waals surface area contributed by atoms with Crippen molar-refractivity contribution in [2.24, 2.45) is 0 Å². The maximum atomic E-state index is 2.51. The van der Waals surface area contributed by atoms with Gasteiger partial charge >= 0.3 is 0 Å². The first-order valence-corrected chi connectivity index (χ1v) is 13.5. The van der Waals surface area contributed by atoms with Crippen LogP contribution in [0.2, 0.25) is 0 Å². The van der Waals surface area contributed by atoms with Gasteiger partial charge in [-0.05, 0) is 79.5 Å². The van der Waals surface area contributed by atoms with Crippen molar-refractivity contribution in [2.75, 3.05) is 0 Å². The van der Waals surface area contributed by atoms with Gasteiger partial charge in [-0.1, -0.05) is 116 Å². The Balaban J connectivity index is 0.00000512. The molecule has 0 spiro atoms. The van der Waals surface area contributed by atoms with Gasteiger partial charge in [0.2, 0.25) is 0 Å². The Morgan fingerprint density at radius 3 is 0.781 bits per heavy atom. The van der Waals surface area contributed by atoms with Gasteiger partial charge in [0.25, 0.3) is 0 Å². The first kappa shape index (κ1) is 29.2. The number of benzene rings is 2. The molecule has 2 aromatic carbocycles. The van der Waals surface area contributed by atoms with Crippen molar-refractivity contribution in [1.82, 2.24) is 0 Å². The number of rotatable bonds is 8. The molecule has 0 radical (unpaired) electrons. The molecule has 0 aromatic heterocycles. The molecule has 0 nitrogen and oxygen atoms in total. The van der Waals surface area contributed by atoms with E-state index < -0.39 is 0 Å². The second-order valence-electron chi connectivity index (χ2n) is 11.2. The van der Waals surface area contributed by atoms with Crippen LogP contribution in [-0.2, 0) is 0 Å². The Labute approximate surface area is 207 Å². The van der Waals surface area contributed by atoms with Crippen molar-refractivity contribution in [1.29, 1.82) is 0 Å². The van der Waals surface area contributed by atoms with E-state index >= 15 is 0 Å². The van der Waals surface area contributed by atoms with Crippen LogP contribution in [0.1, 0.15) is 152 Å². The van der Waals surface area contributed by atoms with E-state index in [2.05, 4.69) is 107 Å². The zero-order valence-electron chi connectivity index (χ0n) is 22.7. The molecule has 0 saturated heterocycles. The second-order valence-corrected chi connectivity index (χ2v) is 12.5. The summed E-state index contributed by atoms with van der Waals surface area (Å²) in [5, 5.41) is 3.21. The largest absolute Gasteiger partial charge is 0.147 e. The van der Waals surface area contributed by atoms with Gasteiger partial charge in [0, 0.05) is 0 Å². The van der Waals surface area contributed by atoms with E-state index in [4.69, 9.17) is 0 Å². The number of hydrogen-bond acceptors (Lipinski definition) is 0. The van der Waals surface area contributed by atoms with Crippen LogP contribution in [0.4, 0.5) is 0 Å². The summed E-state index contributed by atoms with van der Waals surface area (Å²) in [4.78, 5) is 0. The van der Waals surface area contributed by atoms with E-state index in [1.54, 1.807) is 32.9 Å². The molecule has 0 saturated carbocycles. The van der Waals surface area contributed by atoms with Crippen LogP contribution in [-0.4, -0.2) is 0 Å². The minimum Gasteiger partial charge on any atom is -0.147 e. The van der Waals surface area contributed by atoms with Crippen molar-refractivity contribution >= 4 is 31.6 Å². The zero-order valence-corrected chi connectivity index (χ0v) is 24.5. The van der Waals surface area contributed by atoms with Crippen LogP contribution in [0.3, 0.4) is 0 Å². The van der Waals surface area contributed by atoms with Gasteiger partial charge in [-0.2, -0.15) is 0 Å². The second kappa shape index (κ2) is 12.0. The third-order valence-corrected chi connectivity index (χ3v) is 8.17. The smallest absolute Gasteiger partial charge is 0.0157 e. The Hall–Kier alpha value is -0.840. The monoisotopic (exact) mass is 474 g/mol. The van der Waals surface area contributed by atoms with Crippen molar-refractivity contribution < 1.29 is 0 Å². The van der Waals surface area contributed by atoms with E-state index in [0.717, 1.165) is 8.58 Å². The minimum atomic E-state index is 0. The van der Waals surface area contributed by atoms with E-state index in [1.807, 2.05) is 0 Å². The van der Waals surface area contributed by atoms with Crippen LogP contribution < -0.4 is 10.6 Å². The molecule has 0 atom stereocenters. The molecular formula is C30H48ClP. The maximum absolute atomic E-state index is 2.51. The Bertz CT molecular complexity index is 756. The van der Waals surface area contributed by atoms with Crippen LogP contribution in [0.25, 0.3) is 0 Å². The summed E-state index contributed by atoms with van der Waals surface area (Å²) < 4.78 is 0. The first-order valence-electron chi connectivity index (χ1n) is 12.5. The molecule has 0 aliphatic rings. The Kier molecular flexibility index (Phi) is 11.0. The van der Waals surface area contributed by atoms with Gasteiger partial charge in [-0.25, -0.2) is 0 Å². The molecule has 2 heteroatoms. The molecule has 2 aromatic rings. The predicted octanol–water partition coefficient (Wildman–Crippen LogP) is 9.48. The highest BCUT2D eigenvalue weighted by Gasteiger charge is 2.22. The molecule has 0 aliphatic carbocycles. The highest BCUT2D eigenvalue weighted by atomic mass is 35.5. The molecule has 0 aliphatic heterocycles. The molecule has 32 heavy (non-hydrogen) atoms. The summed E-state index contributed by atoms with van der Waals surface area (Å²) in [6.07, 6.45) is 0. The molecule has 180 valence electrons. The van der Waals surface area contributed by atoms with Gasteiger partial charge in [0.15, 0.2) is 0 Å². The third kappa shape index (κ3) is 6.61. The zero-order chi connectivity index (χ0) is 23.6. The first-order chi connectivity index (χ1) is 14.3. The summed E-state index contributed by atoms with van der Waals surface area (Å²) in [6.45, 7) is 28.2. The van der Waals surface area contributed by atoms with Gasteiger partial charge in [0.05, 0.1) is 0 Å². The fourth-order valence-corrected chi connectivity index (χ4v) is 6.60. The van der Waals surface area contributed by atoms with Crippen molar-refractivity contribution in [3.05, 3.63) is 57.6 Å². The van der Waals surface area contributed by atoms with Crippen molar-refractivity contribution in [3.8, 4) is 0 Å². The molecule has 0 amide bonds. The molecule has 2 rings (SSSR count). The highest BCUT2D eigenvalue weighted by Crippen LogP contribution is 2.35. The predicted molar refractivity (Wildman–Crippen MR) is 152 cm³/mol. The lowest BCUT2D eigenvalue weighted by molar-refractivity contribution is 0.811. The molecule has 0 fully saturated rings. The summed E-state index contributed by atoms with van der Waals surface area (Å²) in [5.41, 5.74) is 9.22. The van der Waals surface area contributed by atoms with Crippen LogP contribution >= 0.6 is 21.0 Å². The molecule has 0 heterocycles. The van der Waals surface area contributed by atoms with Gasteiger partial charge < -0.3 is 0 Å². The lowest BCUT2D eigenvalue weighted by atomic mass is 9.89. The Morgan fingerprint density at radius 2 is 0.625 bits per heavy atom. The van der Waals surface area contributed by atoms with Gasteiger partial charge in [-0.3, -0.25) is 0 Å². The third-order valence-electron chi connectivity index (χ3n) is 6.51. The Morgan fingerprint density at radius 1 is 0.406 bits per heavy atom. The number of halogens is 1. The highest BCUT2D eigenvalue weighted by molar-refractivity contribution is 7.56. The summed E-state index contributed by atoms with van der Waals surface area (Å²) in [5.74, 6) is 3.29. The molecule has 0 N–H and O–H groups in total. The van der Waals surface area contributed by atoms with E-state index in [9.17, 15) is 0 Å². The minimum absolute atomic E-state index is 0. The standard InChI is InChI=1S/C30H47P.ClH/c1-17(2)23-13-25(19(5)6)29(26(14-23)20(7)8)31-30-27(21(9)10)15-24(18(3)4)16-28(30)22(11)12;/h13-22,31H,1-12H3;1H. The molecule has 0 unspecified atom stereocenters. The fourth-order valence-electron chi connectivity index (χ4n) is 4.33. The molecule has 0 bridgehead atoms. The quantitative estimate of drug-likeness (QED) is 0.334. The van der Waals surface area contributed by atoms with Gasteiger partial charge in [-0.15, -0.1) is 12.4 Å². The normalized spacial score (nSPS) is 12.1.